The molecule has 0 bridgehead atoms. The molecule has 4 aromatic rings. The van der Waals surface area contributed by atoms with E-state index in [1.807, 2.05) is 61.5 Å². The average molecular weight is 488 g/mol. The molecule has 7 heteroatoms. The number of aromatic nitrogens is 1. The van der Waals surface area contributed by atoms with Crippen molar-refractivity contribution in [2.45, 2.75) is 26.8 Å². The molecule has 2 aromatic heterocycles. The lowest BCUT2D eigenvalue weighted by atomic mass is 9.95. The predicted molar refractivity (Wildman–Crippen MR) is 142 cm³/mol. The van der Waals surface area contributed by atoms with Crippen molar-refractivity contribution in [3.8, 4) is 11.5 Å². The van der Waals surface area contributed by atoms with Gasteiger partial charge in [0, 0.05) is 27.3 Å². The molecule has 0 aliphatic carbocycles. The first-order valence-electron chi connectivity index (χ1n) is 11.3. The molecule has 0 spiro atoms. The van der Waals surface area contributed by atoms with Crippen molar-refractivity contribution >= 4 is 28.1 Å². The molecule has 2 heterocycles. The summed E-state index contributed by atoms with van der Waals surface area (Å²) in [5.74, 6) is 1.83. The van der Waals surface area contributed by atoms with Crippen molar-refractivity contribution in [1.29, 1.82) is 0 Å². The number of nitrogens with zero attached hydrogens (tertiary/aromatic N) is 1. The van der Waals surface area contributed by atoms with E-state index in [1.165, 1.54) is 0 Å². The van der Waals surface area contributed by atoms with E-state index in [-0.39, 0.29) is 11.9 Å². The number of ether oxygens (including phenoxy) is 2. The van der Waals surface area contributed by atoms with Gasteiger partial charge in [0.2, 0.25) is 0 Å². The van der Waals surface area contributed by atoms with Gasteiger partial charge >= 0.3 is 0 Å². The Morgan fingerprint density at radius 2 is 1.66 bits per heavy atom. The summed E-state index contributed by atoms with van der Waals surface area (Å²) in [7, 11) is 3.25. The number of hydrogen-bond donors (Lipinski definition) is 2. The quantitative estimate of drug-likeness (QED) is 0.295. The lowest BCUT2D eigenvalue weighted by Crippen LogP contribution is -2.18. The Balaban J connectivity index is 1.86. The number of methoxy groups -OCH3 is 2. The second kappa shape index (κ2) is 10.6. The maximum Gasteiger partial charge on any atom is 0.256 e. The maximum absolute atomic E-state index is 13.1. The minimum Gasteiger partial charge on any atom is -0.493 e. The number of benzene rings is 2. The average Bonchev–Trinajstić information content (AvgIpc) is 3.14. The maximum atomic E-state index is 13.1. The Morgan fingerprint density at radius 3 is 2.34 bits per heavy atom. The zero-order chi connectivity index (χ0) is 24.9. The number of carbonyl (C=O) groups is 1. The molecule has 2 N–H and O–H groups in total. The topological polar surface area (TPSA) is 72.5 Å². The third-order valence-electron chi connectivity index (χ3n) is 5.91. The number of pyridine rings is 1. The summed E-state index contributed by atoms with van der Waals surface area (Å²) in [6.07, 6.45) is 0. The first-order valence-corrected chi connectivity index (χ1v) is 12.1. The van der Waals surface area contributed by atoms with Gasteiger partial charge in [-0.15, -0.1) is 11.3 Å². The van der Waals surface area contributed by atoms with Crippen LogP contribution < -0.4 is 20.1 Å². The molecular weight excluding hydrogens is 458 g/mol. The van der Waals surface area contributed by atoms with Crippen molar-refractivity contribution in [2.24, 2.45) is 0 Å². The highest BCUT2D eigenvalue weighted by Gasteiger charge is 2.28. The second-order valence-electron chi connectivity index (χ2n) is 8.17. The Kier molecular flexibility index (Phi) is 7.36. The lowest BCUT2D eigenvalue weighted by molar-refractivity contribution is 0.102. The summed E-state index contributed by atoms with van der Waals surface area (Å²) in [5.41, 5.74) is 4.44. The predicted octanol–water partition coefficient (Wildman–Crippen LogP) is 6.54. The van der Waals surface area contributed by atoms with Crippen molar-refractivity contribution < 1.29 is 14.3 Å². The lowest BCUT2D eigenvalue weighted by Gasteiger charge is -2.25. The summed E-state index contributed by atoms with van der Waals surface area (Å²) in [6.45, 7) is 6.09. The molecule has 4 rings (SSSR count). The molecule has 0 aliphatic rings. The number of aryl methyl sites for hydroxylation is 2. The fraction of sp³-hybridized carbons (Fsp3) is 0.214. The van der Waals surface area contributed by atoms with Gasteiger partial charge in [-0.25, -0.2) is 4.98 Å². The molecule has 1 atom stereocenters. The number of rotatable bonds is 8. The summed E-state index contributed by atoms with van der Waals surface area (Å²) >= 11 is 1.56. The molecule has 0 radical (unpaired) electrons. The van der Waals surface area contributed by atoms with Crippen LogP contribution >= 0.6 is 11.3 Å². The molecule has 6 nitrogen and oxygen atoms in total. The number of thiophene rings is 1. The molecule has 0 unspecified atom stereocenters. The van der Waals surface area contributed by atoms with Crippen molar-refractivity contribution in [3.05, 3.63) is 99.6 Å². The fourth-order valence-electron chi connectivity index (χ4n) is 4.07. The van der Waals surface area contributed by atoms with Gasteiger partial charge in [0.15, 0.2) is 11.5 Å². The van der Waals surface area contributed by atoms with Crippen LogP contribution in [0.25, 0.3) is 0 Å². The number of nitrogens with one attached hydrogen (secondary N) is 2. The van der Waals surface area contributed by atoms with Gasteiger partial charge in [0.1, 0.15) is 10.8 Å². The highest BCUT2D eigenvalue weighted by molar-refractivity contribution is 7.16. The molecule has 1 amide bonds. The molecule has 0 aliphatic heterocycles. The van der Waals surface area contributed by atoms with Gasteiger partial charge in [0.25, 0.3) is 5.91 Å². The van der Waals surface area contributed by atoms with E-state index in [0.717, 1.165) is 38.1 Å². The minimum atomic E-state index is -0.356. The first kappa shape index (κ1) is 24.3. The SMILES string of the molecule is COc1cccc([C@H](Nc2cccc(C)n2)c2c(NC(=O)c3ccccc3)sc(C)c2C)c1OC. The van der Waals surface area contributed by atoms with Gasteiger partial charge in [-0.1, -0.05) is 36.4 Å². The Hall–Kier alpha value is -3.84. The number of carbonyl (C=O) groups excluding carboxylic acids is 1. The standard InChI is InChI=1S/C28H29N3O3S/c1-17-11-9-16-23(29-17)30-25(21-14-10-15-22(33-4)26(21)34-5)24-18(2)19(3)35-28(24)31-27(32)20-12-7-6-8-13-20/h6-16,25H,1-5H3,(H,29,30)(H,31,32)/t25-/m0/s1. The molecule has 180 valence electrons. The van der Waals surface area contributed by atoms with Crippen molar-refractivity contribution in [1.82, 2.24) is 4.98 Å². The Morgan fingerprint density at radius 1 is 0.914 bits per heavy atom. The van der Waals surface area contributed by atoms with E-state index in [0.29, 0.717) is 17.1 Å². The van der Waals surface area contributed by atoms with Crippen LogP contribution in [0, 0.1) is 20.8 Å². The number of para-hydroxylation sites is 1. The van der Waals surface area contributed by atoms with E-state index in [4.69, 9.17) is 9.47 Å². The van der Waals surface area contributed by atoms with E-state index in [9.17, 15) is 4.79 Å². The van der Waals surface area contributed by atoms with Crippen LogP contribution in [-0.2, 0) is 0 Å². The van der Waals surface area contributed by atoms with E-state index in [2.05, 4.69) is 29.5 Å². The monoisotopic (exact) mass is 487 g/mol. The third kappa shape index (κ3) is 5.15. The molecule has 0 fully saturated rings. The van der Waals surface area contributed by atoms with Gasteiger partial charge in [0.05, 0.1) is 20.3 Å². The number of anilines is 2. The van der Waals surface area contributed by atoms with Crippen molar-refractivity contribution in [2.75, 3.05) is 24.9 Å². The Labute approximate surface area is 210 Å². The van der Waals surface area contributed by atoms with Crippen LogP contribution in [0.1, 0.15) is 43.7 Å². The Bertz CT molecular complexity index is 1330. The summed E-state index contributed by atoms with van der Waals surface area (Å²) in [4.78, 5) is 18.9. The smallest absolute Gasteiger partial charge is 0.256 e. The van der Waals surface area contributed by atoms with Crippen LogP contribution in [0.4, 0.5) is 10.8 Å². The van der Waals surface area contributed by atoms with E-state index >= 15 is 0 Å². The molecule has 0 saturated carbocycles. The van der Waals surface area contributed by atoms with Crippen LogP contribution in [-0.4, -0.2) is 25.1 Å². The number of hydrogen-bond acceptors (Lipinski definition) is 6. The fourth-order valence-corrected chi connectivity index (χ4v) is 5.16. The van der Waals surface area contributed by atoms with Crippen LogP contribution in [0.2, 0.25) is 0 Å². The van der Waals surface area contributed by atoms with Crippen molar-refractivity contribution in [3.63, 3.8) is 0 Å². The normalized spacial score (nSPS) is 11.6. The van der Waals surface area contributed by atoms with Gasteiger partial charge in [-0.3, -0.25) is 4.79 Å². The highest BCUT2D eigenvalue weighted by atomic mass is 32.1. The first-order chi connectivity index (χ1) is 16.9. The second-order valence-corrected chi connectivity index (χ2v) is 9.40. The summed E-state index contributed by atoms with van der Waals surface area (Å²) < 4.78 is 11.4. The molecular formula is C28H29N3O3S. The minimum absolute atomic E-state index is 0.155. The number of amides is 1. The summed E-state index contributed by atoms with van der Waals surface area (Å²) in [6, 6.07) is 20.5. The molecule has 2 aromatic carbocycles. The third-order valence-corrected chi connectivity index (χ3v) is 7.05. The van der Waals surface area contributed by atoms with Crippen LogP contribution in [0.3, 0.4) is 0 Å². The largest absolute Gasteiger partial charge is 0.493 e. The molecule has 35 heavy (non-hydrogen) atoms. The van der Waals surface area contributed by atoms with Crippen LogP contribution in [0.5, 0.6) is 11.5 Å². The molecule has 0 saturated heterocycles. The zero-order valence-corrected chi connectivity index (χ0v) is 21.3. The summed E-state index contributed by atoms with van der Waals surface area (Å²) in [5, 5.41) is 7.53. The van der Waals surface area contributed by atoms with Gasteiger partial charge < -0.3 is 20.1 Å². The van der Waals surface area contributed by atoms with Gasteiger partial charge in [-0.2, -0.15) is 0 Å². The van der Waals surface area contributed by atoms with Gasteiger partial charge in [-0.05, 0) is 56.7 Å². The van der Waals surface area contributed by atoms with E-state index in [1.54, 1.807) is 37.7 Å². The zero-order valence-electron chi connectivity index (χ0n) is 20.5. The van der Waals surface area contributed by atoms with E-state index < -0.39 is 0 Å². The van der Waals surface area contributed by atoms with Crippen LogP contribution in [0.15, 0.2) is 66.7 Å². The highest BCUT2D eigenvalue weighted by Crippen LogP contribution is 2.45.